The van der Waals surface area contributed by atoms with E-state index in [2.05, 4.69) is 38.0 Å². The molecule has 5 heteroatoms. The smallest absolute Gasteiger partial charge is 0.253 e. The van der Waals surface area contributed by atoms with Crippen LogP contribution >= 0.6 is 0 Å². The van der Waals surface area contributed by atoms with E-state index in [1.165, 1.54) is 5.56 Å². The molecule has 176 valence electrons. The summed E-state index contributed by atoms with van der Waals surface area (Å²) in [5, 5.41) is 12.0. The Morgan fingerprint density at radius 1 is 1.15 bits per heavy atom. The number of aryl methyl sites for hydroxylation is 1. The number of hydrogen-bond donors (Lipinski definition) is 1. The molecule has 3 rings (SSSR count). The molecule has 0 unspecified atom stereocenters. The van der Waals surface area contributed by atoms with E-state index in [0.29, 0.717) is 11.5 Å². The first kappa shape index (κ1) is 29.4. The molecule has 1 heterocycles. The van der Waals surface area contributed by atoms with Crippen molar-refractivity contribution in [2.75, 3.05) is 25.5 Å². The normalized spacial score (nSPS) is 12.2. The molecule has 1 fully saturated rings. The molecular weight excluding hydrogens is 410 g/mol. The second-order valence-electron chi connectivity index (χ2n) is 7.28. The van der Waals surface area contributed by atoms with Crippen LogP contribution in [-0.2, 0) is 4.79 Å². The number of hydrogen-bond acceptors (Lipinski definition) is 4. The van der Waals surface area contributed by atoms with Gasteiger partial charge in [-0.3, -0.25) is 4.79 Å². The van der Waals surface area contributed by atoms with Crippen molar-refractivity contribution in [3.63, 3.8) is 0 Å². The van der Waals surface area contributed by atoms with Gasteiger partial charge in [0.05, 0.1) is 11.6 Å². The van der Waals surface area contributed by atoms with Gasteiger partial charge < -0.3 is 15.0 Å². The molecule has 2 aromatic carbocycles. The Balaban J connectivity index is 0.00000113. The van der Waals surface area contributed by atoms with Crippen LogP contribution < -0.4 is 5.32 Å². The molecule has 0 bridgehead atoms. The fourth-order valence-electron chi connectivity index (χ4n) is 3.45. The molecule has 0 aromatic heterocycles. The SMILES string of the molecule is C=C.C=CCC.C=O.CNc1cc(C(=O)N2CCC(c3ccc(C#N)cc3)CC2)ccc1C. The molecule has 1 aliphatic rings. The third-order valence-electron chi connectivity index (χ3n) is 5.34. The van der Waals surface area contributed by atoms with Crippen LogP contribution in [0, 0.1) is 18.3 Å². The number of nitrogens with one attached hydrogen (secondary N) is 1. The minimum absolute atomic E-state index is 0.106. The van der Waals surface area contributed by atoms with Crippen LogP contribution in [0.1, 0.15) is 59.2 Å². The topological polar surface area (TPSA) is 73.2 Å². The summed E-state index contributed by atoms with van der Waals surface area (Å²) in [5.41, 5.74) is 4.83. The second-order valence-corrected chi connectivity index (χ2v) is 7.28. The first-order valence-corrected chi connectivity index (χ1v) is 11.0. The molecule has 1 N–H and O–H groups in total. The van der Waals surface area contributed by atoms with Crippen LogP contribution in [0.3, 0.4) is 0 Å². The van der Waals surface area contributed by atoms with Gasteiger partial charge in [0.25, 0.3) is 5.91 Å². The highest BCUT2D eigenvalue weighted by molar-refractivity contribution is 5.95. The number of nitrogens with zero attached hydrogens (tertiary/aromatic N) is 2. The lowest BCUT2D eigenvalue weighted by Gasteiger charge is -2.32. The minimum Gasteiger partial charge on any atom is -0.388 e. The van der Waals surface area contributed by atoms with Gasteiger partial charge in [-0.05, 0) is 67.5 Å². The van der Waals surface area contributed by atoms with Gasteiger partial charge in [0.15, 0.2) is 0 Å². The van der Waals surface area contributed by atoms with Gasteiger partial charge in [-0.15, -0.1) is 19.7 Å². The Morgan fingerprint density at radius 2 is 1.70 bits per heavy atom. The maximum absolute atomic E-state index is 12.8. The van der Waals surface area contributed by atoms with E-state index in [4.69, 9.17) is 10.1 Å². The number of allylic oxidation sites excluding steroid dienone is 1. The van der Waals surface area contributed by atoms with E-state index in [-0.39, 0.29) is 5.91 Å². The molecule has 0 saturated carbocycles. The molecule has 0 radical (unpaired) electrons. The van der Waals surface area contributed by atoms with E-state index in [1.54, 1.807) is 0 Å². The Bertz CT molecular complexity index is 890. The molecule has 1 amide bonds. The lowest BCUT2D eigenvalue weighted by atomic mass is 9.89. The summed E-state index contributed by atoms with van der Waals surface area (Å²) in [6.07, 6.45) is 4.88. The molecule has 1 aliphatic heterocycles. The standard InChI is InChI=1S/C21H23N3O.C4H8.C2H4.CH2O/c1-15-3-6-19(13-20(15)23-2)21(25)24-11-9-18(10-12-24)17-7-4-16(14-22)5-8-17;1-3-4-2;2*1-2/h3-8,13,18,23H,9-12H2,1-2H3;3H,1,4H2,2H3;1-2H2;1H2. The van der Waals surface area contributed by atoms with Crippen LogP contribution in [0.2, 0.25) is 0 Å². The summed E-state index contributed by atoms with van der Waals surface area (Å²) in [7, 11) is 1.87. The highest BCUT2D eigenvalue weighted by Crippen LogP contribution is 2.29. The molecule has 0 aliphatic carbocycles. The first-order valence-electron chi connectivity index (χ1n) is 11.0. The third-order valence-corrected chi connectivity index (χ3v) is 5.34. The Kier molecular flexibility index (Phi) is 15.1. The largest absolute Gasteiger partial charge is 0.388 e. The fourth-order valence-corrected chi connectivity index (χ4v) is 3.45. The number of nitriles is 1. The fraction of sp³-hybridized carbons (Fsp3) is 0.321. The summed E-state index contributed by atoms with van der Waals surface area (Å²) in [4.78, 5) is 22.7. The van der Waals surface area contributed by atoms with Crippen molar-refractivity contribution < 1.29 is 9.59 Å². The second kappa shape index (κ2) is 17.0. The van der Waals surface area contributed by atoms with Crippen molar-refractivity contribution in [2.24, 2.45) is 0 Å². The van der Waals surface area contributed by atoms with Crippen LogP contribution in [0.5, 0.6) is 0 Å². The molecule has 0 spiro atoms. The van der Waals surface area contributed by atoms with E-state index >= 15 is 0 Å². The lowest BCUT2D eigenvalue weighted by Crippen LogP contribution is -2.37. The quantitative estimate of drug-likeness (QED) is 0.572. The van der Waals surface area contributed by atoms with Crippen molar-refractivity contribution in [3.8, 4) is 6.07 Å². The highest BCUT2D eigenvalue weighted by atomic mass is 16.2. The van der Waals surface area contributed by atoms with Crippen molar-refractivity contribution in [2.45, 2.75) is 39.0 Å². The number of rotatable bonds is 4. The van der Waals surface area contributed by atoms with E-state index in [1.807, 2.05) is 74.2 Å². The molecular formula is C28H37N3O2. The van der Waals surface area contributed by atoms with Crippen molar-refractivity contribution >= 4 is 18.4 Å². The van der Waals surface area contributed by atoms with Crippen LogP contribution in [-0.4, -0.2) is 37.7 Å². The van der Waals surface area contributed by atoms with Crippen molar-refractivity contribution in [1.29, 1.82) is 5.26 Å². The maximum atomic E-state index is 12.8. The summed E-state index contributed by atoms with van der Waals surface area (Å²) < 4.78 is 0. The van der Waals surface area contributed by atoms with E-state index in [9.17, 15) is 4.79 Å². The van der Waals surface area contributed by atoms with Crippen molar-refractivity contribution in [1.82, 2.24) is 4.90 Å². The van der Waals surface area contributed by atoms with E-state index in [0.717, 1.165) is 49.2 Å². The van der Waals surface area contributed by atoms with Crippen LogP contribution in [0.15, 0.2) is 68.3 Å². The average molecular weight is 448 g/mol. The maximum Gasteiger partial charge on any atom is 0.253 e. The summed E-state index contributed by atoms with van der Waals surface area (Å²) >= 11 is 0. The Hall–Kier alpha value is -3.65. The summed E-state index contributed by atoms with van der Waals surface area (Å²) in [6, 6.07) is 15.8. The van der Waals surface area contributed by atoms with Gasteiger partial charge in [-0.25, -0.2) is 0 Å². The number of amides is 1. The zero-order chi connectivity index (χ0) is 25.2. The molecule has 33 heavy (non-hydrogen) atoms. The van der Waals surface area contributed by atoms with Gasteiger partial charge >= 0.3 is 0 Å². The van der Waals surface area contributed by atoms with Gasteiger partial charge in [0.1, 0.15) is 6.79 Å². The predicted molar refractivity (Wildman–Crippen MR) is 139 cm³/mol. The monoisotopic (exact) mass is 447 g/mol. The highest BCUT2D eigenvalue weighted by Gasteiger charge is 2.24. The number of carbonyl (C=O) groups is 2. The first-order chi connectivity index (χ1) is 16.0. The molecule has 5 nitrogen and oxygen atoms in total. The average Bonchev–Trinajstić information content (AvgIpc) is 2.91. The van der Waals surface area contributed by atoms with Gasteiger partial charge in [0.2, 0.25) is 0 Å². The number of piperidine rings is 1. The van der Waals surface area contributed by atoms with Crippen LogP contribution in [0.25, 0.3) is 0 Å². The van der Waals surface area contributed by atoms with Crippen LogP contribution in [0.4, 0.5) is 5.69 Å². The van der Waals surface area contributed by atoms with Gasteiger partial charge in [0, 0.05) is 31.4 Å². The molecule has 2 aromatic rings. The molecule has 1 saturated heterocycles. The predicted octanol–water partition coefficient (Wildman–Crippen LogP) is 6.13. The summed E-state index contributed by atoms with van der Waals surface area (Å²) in [6.45, 7) is 17.1. The Labute approximate surface area is 199 Å². The number of anilines is 1. The number of benzene rings is 2. The summed E-state index contributed by atoms with van der Waals surface area (Å²) in [5.74, 6) is 0.567. The lowest BCUT2D eigenvalue weighted by molar-refractivity contribution is -0.0980. The Morgan fingerprint density at radius 3 is 2.15 bits per heavy atom. The van der Waals surface area contributed by atoms with Crippen molar-refractivity contribution in [3.05, 3.63) is 90.5 Å². The van der Waals surface area contributed by atoms with E-state index < -0.39 is 0 Å². The zero-order valence-electron chi connectivity index (χ0n) is 20.3. The van der Waals surface area contributed by atoms with Gasteiger partial charge in [-0.2, -0.15) is 5.26 Å². The number of carbonyl (C=O) groups excluding carboxylic acids is 2. The molecule has 0 atom stereocenters. The number of likely N-dealkylation sites (tertiary alicyclic amines) is 1. The zero-order valence-corrected chi connectivity index (χ0v) is 20.3. The third kappa shape index (κ3) is 9.16. The minimum atomic E-state index is 0.106. The van der Waals surface area contributed by atoms with Gasteiger partial charge in [-0.1, -0.05) is 31.2 Å².